The Balaban J connectivity index is 1.88. The second kappa shape index (κ2) is 6.15. The van der Waals surface area contributed by atoms with E-state index in [9.17, 15) is 0 Å². The minimum Gasteiger partial charge on any atom is -0.313 e. The lowest BCUT2D eigenvalue weighted by molar-refractivity contribution is 0.186. The molecule has 4 heteroatoms. The van der Waals surface area contributed by atoms with Crippen LogP contribution in [-0.4, -0.2) is 30.6 Å². The molecular formula is C12H19BrN2S. The van der Waals surface area contributed by atoms with Gasteiger partial charge < -0.3 is 5.32 Å². The first-order chi connectivity index (χ1) is 7.79. The largest absolute Gasteiger partial charge is 0.313 e. The van der Waals surface area contributed by atoms with E-state index < -0.39 is 0 Å². The number of hydrogen-bond donors (Lipinski definition) is 1. The van der Waals surface area contributed by atoms with E-state index in [0.717, 1.165) is 13.1 Å². The molecule has 2 nitrogen and oxygen atoms in total. The summed E-state index contributed by atoms with van der Waals surface area (Å²) in [5.74, 6) is 0. The molecule has 90 valence electrons. The second-order valence-electron chi connectivity index (χ2n) is 4.32. The van der Waals surface area contributed by atoms with E-state index in [1.165, 1.54) is 35.3 Å². The summed E-state index contributed by atoms with van der Waals surface area (Å²) in [4.78, 5) is 4.02. The topological polar surface area (TPSA) is 15.3 Å². The zero-order valence-corrected chi connectivity index (χ0v) is 12.1. The molecule has 1 aliphatic rings. The number of thiophene rings is 1. The van der Waals surface area contributed by atoms with Crippen LogP contribution in [0.2, 0.25) is 0 Å². The van der Waals surface area contributed by atoms with Crippen LogP contribution in [0.25, 0.3) is 0 Å². The van der Waals surface area contributed by atoms with Crippen LogP contribution in [0.3, 0.4) is 0 Å². The maximum atomic E-state index is 3.61. The van der Waals surface area contributed by atoms with Crippen LogP contribution in [0.5, 0.6) is 0 Å². The van der Waals surface area contributed by atoms with Gasteiger partial charge in [-0.3, -0.25) is 4.90 Å². The van der Waals surface area contributed by atoms with Gasteiger partial charge in [-0.15, -0.1) is 11.3 Å². The van der Waals surface area contributed by atoms with E-state index in [2.05, 4.69) is 44.5 Å². The smallest absolute Gasteiger partial charge is 0.0339 e. The van der Waals surface area contributed by atoms with Crippen LogP contribution in [0.4, 0.5) is 0 Å². The molecule has 0 aliphatic carbocycles. The van der Waals surface area contributed by atoms with Gasteiger partial charge in [-0.05, 0) is 53.3 Å². The fourth-order valence-electron chi connectivity index (χ4n) is 2.30. The first-order valence-electron chi connectivity index (χ1n) is 5.97. The van der Waals surface area contributed by atoms with Crippen molar-refractivity contribution < 1.29 is 0 Å². The summed E-state index contributed by atoms with van der Waals surface area (Å²) in [6, 6.07) is 2.84. The third-order valence-corrected chi connectivity index (χ3v) is 4.97. The summed E-state index contributed by atoms with van der Waals surface area (Å²) in [5, 5.41) is 5.72. The molecule has 1 N–H and O–H groups in total. The average Bonchev–Trinajstić information content (AvgIpc) is 2.66. The molecule has 1 unspecified atom stereocenters. The standard InChI is InChI=1S/C12H19BrN2S/c1-2-14-10-4-3-6-15(8-10)9-12-11(13)5-7-16-12/h5,7,10,14H,2-4,6,8-9H2,1H3. The average molecular weight is 303 g/mol. The quantitative estimate of drug-likeness (QED) is 0.919. The monoisotopic (exact) mass is 302 g/mol. The molecular weight excluding hydrogens is 284 g/mol. The molecule has 1 aromatic rings. The number of likely N-dealkylation sites (N-methyl/N-ethyl adjacent to an activating group) is 1. The molecule has 1 saturated heterocycles. The van der Waals surface area contributed by atoms with E-state index in [-0.39, 0.29) is 0 Å². The van der Waals surface area contributed by atoms with Crippen LogP contribution in [-0.2, 0) is 6.54 Å². The SMILES string of the molecule is CCNC1CCCN(Cc2sccc2Br)C1. The fraction of sp³-hybridized carbons (Fsp3) is 0.667. The third-order valence-electron chi connectivity index (χ3n) is 3.06. The highest BCUT2D eigenvalue weighted by Crippen LogP contribution is 2.25. The summed E-state index contributed by atoms with van der Waals surface area (Å²) in [5.41, 5.74) is 0. The Morgan fingerprint density at radius 2 is 2.50 bits per heavy atom. The second-order valence-corrected chi connectivity index (χ2v) is 6.18. The number of nitrogens with one attached hydrogen (secondary N) is 1. The van der Waals surface area contributed by atoms with Crippen molar-refractivity contribution in [2.45, 2.75) is 32.4 Å². The van der Waals surface area contributed by atoms with Crippen LogP contribution < -0.4 is 5.32 Å². The summed E-state index contributed by atoms with van der Waals surface area (Å²) < 4.78 is 1.27. The normalized spacial score (nSPS) is 22.5. The molecule has 0 bridgehead atoms. The third kappa shape index (κ3) is 3.29. The van der Waals surface area contributed by atoms with E-state index in [1.807, 2.05) is 11.3 Å². The number of hydrogen-bond acceptors (Lipinski definition) is 3. The number of piperidine rings is 1. The van der Waals surface area contributed by atoms with E-state index in [4.69, 9.17) is 0 Å². The van der Waals surface area contributed by atoms with Crippen molar-refractivity contribution >= 4 is 27.3 Å². The number of rotatable bonds is 4. The van der Waals surface area contributed by atoms with Crippen LogP contribution in [0, 0.1) is 0 Å². The van der Waals surface area contributed by atoms with Gasteiger partial charge in [0.05, 0.1) is 0 Å². The zero-order chi connectivity index (χ0) is 11.4. The summed E-state index contributed by atoms with van der Waals surface area (Å²) in [6.45, 7) is 6.81. The Labute approximate surface area is 110 Å². The van der Waals surface area contributed by atoms with E-state index >= 15 is 0 Å². The van der Waals surface area contributed by atoms with Crippen molar-refractivity contribution in [3.05, 3.63) is 20.8 Å². The molecule has 1 atom stereocenters. The Bertz CT molecular complexity index is 325. The molecule has 2 heterocycles. The first-order valence-corrected chi connectivity index (χ1v) is 7.64. The lowest BCUT2D eigenvalue weighted by atomic mass is 10.1. The highest BCUT2D eigenvalue weighted by Gasteiger charge is 2.19. The van der Waals surface area contributed by atoms with Crippen molar-refractivity contribution in [3.63, 3.8) is 0 Å². The van der Waals surface area contributed by atoms with Gasteiger partial charge in [-0.2, -0.15) is 0 Å². The lowest BCUT2D eigenvalue weighted by Crippen LogP contribution is -2.45. The summed E-state index contributed by atoms with van der Waals surface area (Å²) >= 11 is 5.46. The highest BCUT2D eigenvalue weighted by atomic mass is 79.9. The molecule has 1 fully saturated rings. The van der Waals surface area contributed by atoms with Gasteiger partial charge in [0, 0.05) is 28.5 Å². The van der Waals surface area contributed by atoms with E-state index in [0.29, 0.717) is 6.04 Å². The van der Waals surface area contributed by atoms with Crippen LogP contribution >= 0.6 is 27.3 Å². The van der Waals surface area contributed by atoms with Gasteiger partial charge in [0.25, 0.3) is 0 Å². The molecule has 0 spiro atoms. The number of halogens is 1. The van der Waals surface area contributed by atoms with Crippen molar-refractivity contribution in [1.29, 1.82) is 0 Å². The molecule has 0 aromatic carbocycles. The molecule has 0 radical (unpaired) electrons. The van der Waals surface area contributed by atoms with Gasteiger partial charge >= 0.3 is 0 Å². The van der Waals surface area contributed by atoms with E-state index in [1.54, 1.807) is 0 Å². The Morgan fingerprint density at radius 3 is 3.19 bits per heavy atom. The molecule has 1 aromatic heterocycles. The zero-order valence-electron chi connectivity index (χ0n) is 9.71. The summed E-state index contributed by atoms with van der Waals surface area (Å²) in [6.07, 6.45) is 2.65. The minimum atomic E-state index is 0.692. The summed E-state index contributed by atoms with van der Waals surface area (Å²) in [7, 11) is 0. The van der Waals surface area contributed by atoms with Crippen LogP contribution in [0.15, 0.2) is 15.9 Å². The van der Waals surface area contributed by atoms with Gasteiger partial charge in [0.15, 0.2) is 0 Å². The number of nitrogens with zero attached hydrogens (tertiary/aromatic N) is 1. The Hall–Kier alpha value is 0.100. The molecule has 1 aliphatic heterocycles. The molecule has 2 rings (SSSR count). The maximum Gasteiger partial charge on any atom is 0.0339 e. The highest BCUT2D eigenvalue weighted by molar-refractivity contribution is 9.10. The van der Waals surface area contributed by atoms with Gasteiger partial charge in [0.1, 0.15) is 0 Å². The van der Waals surface area contributed by atoms with Gasteiger partial charge in [0.2, 0.25) is 0 Å². The Morgan fingerprint density at radius 1 is 1.62 bits per heavy atom. The van der Waals surface area contributed by atoms with Crippen LogP contribution in [0.1, 0.15) is 24.6 Å². The molecule has 0 amide bonds. The molecule has 16 heavy (non-hydrogen) atoms. The van der Waals surface area contributed by atoms with Crippen molar-refractivity contribution in [1.82, 2.24) is 10.2 Å². The minimum absolute atomic E-state index is 0.692. The number of likely N-dealkylation sites (tertiary alicyclic amines) is 1. The lowest BCUT2D eigenvalue weighted by Gasteiger charge is -2.32. The maximum absolute atomic E-state index is 3.61. The first kappa shape index (κ1) is 12.6. The van der Waals surface area contributed by atoms with Crippen molar-refractivity contribution in [2.24, 2.45) is 0 Å². The Kier molecular flexibility index (Phi) is 4.82. The fourth-order valence-corrected chi connectivity index (χ4v) is 3.81. The van der Waals surface area contributed by atoms with Gasteiger partial charge in [-0.25, -0.2) is 0 Å². The predicted molar refractivity (Wildman–Crippen MR) is 74.0 cm³/mol. The predicted octanol–water partition coefficient (Wildman–Crippen LogP) is 3.08. The van der Waals surface area contributed by atoms with Gasteiger partial charge in [-0.1, -0.05) is 6.92 Å². The van der Waals surface area contributed by atoms with Crippen molar-refractivity contribution in [2.75, 3.05) is 19.6 Å². The molecule has 0 saturated carbocycles. The van der Waals surface area contributed by atoms with Crippen molar-refractivity contribution in [3.8, 4) is 0 Å².